The van der Waals surface area contributed by atoms with Crippen LogP contribution in [0.4, 0.5) is 0 Å². The topological polar surface area (TPSA) is 67.0 Å². The summed E-state index contributed by atoms with van der Waals surface area (Å²) in [6.45, 7) is 4.68. The summed E-state index contributed by atoms with van der Waals surface area (Å²) in [5.41, 5.74) is 2.06. The van der Waals surface area contributed by atoms with Crippen molar-refractivity contribution >= 4 is 5.91 Å². The van der Waals surface area contributed by atoms with Gasteiger partial charge in [0.05, 0.1) is 18.6 Å². The van der Waals surface area contributed by atoms with Crippen LogP contribution in [0, 0.1) is 0 Å². The summed E-state index contributed by atoms with van der Waals surface area (Å²) < 4.78 is 5.49. The van der Waals surface area contributed by atoms with Gasteiger partial charge in [-0.15, -0.1) is 0 Å². The number of carbonyl (C=O) groups excluding carboxylic acids is 1. The summed E-state index contributed by atoms with van der Waals surface area (Å²) in [4.78, 5) is 18.5. The summed E-state index contributed by atoms with van der Waals surface area (Å²) in [6.07, 6.45) is 3.25. The Hall–Kier alpha value is -2.30. The number of ether oxygens (including phenoxy) is 1. The van der Waals surface area contributed by atoms with Gasteiger partial charge in [-0.2, -0.15) is 0 Å². The average molecular weight is 273 g/mol. The molecule has 0 radical (unpaired) electrons. The minimum absolute atomic E-state index is 0.00961. The molecular weight excluding hydrogens is 254 g/mol. The van der Waals surface area contributed by atoms with Crippen LogP contribution in [-0.2, 0) is 11.3 Å². The van der Waals surface area contributed by atoms with Gasteiger partial charge in [0.1, 0.15) is 5.75 Å². The molecule has 0 unspecified atom stereocenters. The van der Waals surface area contributed by atoms with E-state index in [0.29, 0.717) is 18.2 Å². The number of nitrogens with one attached hydrogen (secondary N) is 2. The zero-order valence-electron chi connectivity index (χ0n) is 11.7. The van der Waals surface area contributed by atoms with Gasteiger partial charge in [0.2, 0.25) is 0 Å². The molecule has 1 aromatic carbocycles. The van der Waals surface area contributed by atoms with Gasteiger partial charge in [-0.25, -0.2) is 4.98 Å². The first-order valence-electron chi connectivity index (χ1n) is 6.62. The van der Waals surface area contributed by atoms with Crippen LogP contribution in [0.25, 0.3) is 0 Å². The molecule has 5 heteroatoms. The van der Waals surface area contributed by atoms with Crippen LogP contribution in [0.2, 0.25) is 0 Å². The summed E-state index contributed by atoms with van der Waals surface area (Å²) >= 11 is 0. The molecule has 2 aromatic rings. The molecule has 0 bridgehead atoms. The van der Waals surface area contributed by atoms with Gasteiger partial charge in [-0.1, -0.05) is 26.0 Å². The van der Waals surface area contributed by atoms with Crippen LogP contribution in [0.1, 0.15) is 31.0 Å². The number of rotatable bonds is 6. The van der Waals surface area contributed by atoms with Crippen molar-refractivity contribution in [3.63, 3.8) is 0 Å². The van der Waals surface area contributed by atoms with Crippen LogP contribution < -0.4 is 10.1 Å². The highest BCUT2D eigenvalue weighted by Gasteiger charge is 2.05. The van der Waals surface area contributed by atoms with Crippen molar-refractivity contribution in [3.8, 4) is 5.75 Å². The van der Waals surface area contributed by atoms with E-state index in [9.17, 15) is 4.79 Å². The molecule has 0 atom stereocenters. The van der Waals surface area contributed by atoms with Gasteiger partial charge in [0.25, 0.3) is 5.91 Å². The maximum atomic E-state index is 11.7. The summed E-state index contributed by atoms with van der Waals surface area (Å²) in [5.74, 6) is 0.996. The molecular formula is C15H19N3O2. The second-order valence-corrected chi connectivity index (χ2v) is 4.87. The van der Waals surface area contributed by atoms with Crippen molar-refractivity contribution in [2.24, 2.45) is 0 Å². The number of amides is 1. The highest BCUT2D eigenvalue weighted by atomic mass is 16.5. The maximum Gasteiger partial charge on any atom is 0.258 e. The summed E-state index contributed by atoms with van der Waals surface area (Å²) in [6, 6.07) is 7.81. The Kier molecular flexibility index (Phi) is 4.76. The molecule has 0 aliphatic carbocycles. The number of imidazole rings is 1. The zero-order valence-corrected chi connectivity index (χ0v) is 11.7. The summed E-state index contributed by atoms with van der Waals surface area (Å²) in [7, 11) is 0. The van der Waals surface area contributed by atoms with Gasteiger partial charge in [-0.05, 0) is 23.6 Å². The van der Waals surface area contributed by atoms with E-state index in [0.717, 1.165) is 5.69 Å². The fraction of sp³-hybridized carbons (Fsp3) is 0.333. The van der Waals surface area contributed by atoms with Crippen molar-refractivity contribution in [3.05, 3.63) is 48.0 Å². The molecule has 0 saturated heterocycles. The van der Waals surface area contributed by atoms with Crippen LogP contribution in [0.3, 0.4) is 0 Å². The molecule has 0 saturated carbocycles. The van der Waals surface area contributed by atoms with Crippen molar-refractivity contribution in [2.45, 2.75) is 26.3 Å². The molecule has 106 valence electrons. The van der Waals surface area contributed by atoms with E-state index in [1.54, 1.807) is 12.5 Å². The summed E-state index contributed by atoms with van der Waals surface area (Å²) in [5, 5.41) is 2.76. The Labute approximate surface area is 118 Å². The number of carbonyl (C=O) groups is 1. The zero-order chi connectivity index (χ0) is 14.4. The van der Waals surface area contributed by atoms with Crippen LogP contribution in [0.15, 0.2) is 36.8 Å². The molecule has 0 aliphatic heterocycles. The number of benzene rings is 1. The maximum absolute atomic E-state index is 11.7. The Balaban J connectivity index is 1.79. The van der Waals surface area contributed by atoms with Gasteiger partial charge in [0, 0.05) is 6.20 Å². The second kappa shape index (κ2) is 6.75. The van der Waals surface area contributed by atoms with E-state index in [2.05, 4.69) is 35.2 Å². The Morgan fingerprint density at radius 3 is 3.00 bits per heavy atom. The van der Waals surface area contributed by atoms with E-state index in [-0.39, 0.29) is 12.5 Å². The lowest BCUT2D eigenvalue weighted by Crippen LogP contribution is -2.28. The highest BCUT2D eigenvalue weighted by molar-refractivity contribution is 5.77. The molecule has 5 nitrogen and oxygen atoms in total. The number of aromatic amines is 1. The van der Waals surface area contributed by atoms with E-state index in [1.165, 1.54) is 5.56 Å². The number of nitrogens with zero attached hydrogens (tertiary/aromatic N) is 1. The third-order valence-corrected chi connectivity index (χ3v) is 2.93. The van der Waals surface area contributed by atoms with Crippen molar-refractivity contribution in [2.75, 3.05) is 6.61 Å². The third kappa shape index (κ3) is 4.12. The van der Waals surface area contributed by atoms with Crippen molar-refractivity contribution in [1.29, 1.82) is 0 Å². The lowest BCUT2D eigenvalue weighted by Gasteiger charge is -2.10. The third-order valence-electron chi connectivity index (χ3n) is 2.93. The van der Waals surface area contributed by atoms with Crippen molar-refractivity contribution in [1.82, 2.24) is 15.3 Å². The Morgan fingerprint density at radius 2 is 2.30 bits per heavy atom. The van der Waals surface area contributed by atoms with Crippen LogP contribution >= 0.6 is 0 Å². The molecule has 0 fully saturated rings. The van der Waals surface area contributed by atoms with E-state index in [4.69, 9.17) is 4.74 Å². The van der Waals surface area contributed by atoms with E-state index in [1.807, 2.05) is 18.2 Å². The fourth-order valence-electron chi connectivity index (χ4n) is 1.74. The average Bonchev–Trinajstić information content (AvgIpc) is 2.96. The second-order valence-electron chi connectivity index (χ2n) is 4.87. The normalized spacial score (nSPS) is 10.6. The van der Waals surface area contributed by atoms with E-state index < -0.39 is 0 Å². The minimum atomic E-state index is -0.158. The monoisotopic (exact) mass is 273 g/mol. The highest BCUT2D eigenvalue weighted by Crippen LogP contribution is 2.19. The van der Waals surface area contributed by atoms with Gasteiger partial charge in [0.15, 0.2) is 6.61 Å². The van der Waals surface area contributed by atoms with Crippen molar-refractivity contribution < 1.29 is 9.53 Å². The molecule has 2 N–H and O–H groups in total. The van der Waals surface area contributed by atoms with E-state index >= 15 is 0 Å². The molecule has 1 heterocycles. The number of hydrogen-bond acceptors (Lipinski definition) is 3. The lowest BCUT2D eigenvalue weighted by atomic mass is 10.0. The smallest absolute Gasteiger partial charge is 0.258 e. The molecule has 2 rings (SSSR count). The molecule has 1 aromatic heterocycles. The largest absolute Gasteiger partial charge is 0.484 e. The number of H-pyrrole nitrogens is 1. The quantitative estimate of drug-likeness (QED) is 0.848. The Bertz CT molecular complexity index is 550. The lowest BCUT2D eigenvalue weighted by molar-refractivity contribution is -0.123. The number of aromatic nitrogens is 2. The first-order chi connectivity index (χ1) is 9.65. The van der Waals surface area contributed by atoms with Gasteiger partial charge >= 0.3 is 0 Å². The number of hydrogen-bond donors (Lipinski definition) is 2. The predicted molar refractivity (Wildman–Crippen MR) is 76.5 cm³/mol. The van der Waals surface area contributed by atoms with Crippen LogP contribution in [0.5, 0.6) is 5.75 Å². The fourth-order valence-corrected chi connectivity index (χ4v) is 1.74. The van der Waals surface area contributed by atoms with Gasteiger partial charge < -0.3 is 15.0 Å². The molecule has 20 heavy (non-hydrogen) atoms. The molecule has 1 amide bonds. The minimum Gasteiger partial charge on any atom is -0.484 e. The molecule has 0 aliphatic rings. The molecule has 0 spiro atoms. The van der Waals surface area contributed by atoms with Crippen LogP contribution in [-0.4, -0.2) is 22.5 Å². The standard InChI is InChI=1S/C15H19N3O2/c1-11(2)12-4-3-5-14(6-12)20-9-15(19)17-8-13-7-16-10-18-13/h3-7,10-11H,8-9H2,1-2H3,(H,16,18)(H,17,19). The first-order valence-corrected chi connectivity index (χ1v) is 6.62. The Morgan fingerprint density at radius 1 is 1.45 bits per heavy atom. The van der Waals surface area contributed by atoms with Gasteiger partial charge in [-0.3, -0.25) is 4.79 Å². The predicted octanol–water partition coefficient (Wildman–Crippen LogP) is 2.23. The SMILES string of the molecule is CC(C)c1cccc(OCC(=O)NCc2cnc[nH]2)c1. The first kappa shape index (κ1) is 14.1.